The summed E-state index contributed by atoms with van der Waals surface area (Å²) in [7, 11) is 0. The molecular weight excluding hydrogens is 324 g/mol. The smallest absolute Gasteiger partial charge is 0.252 e. The lowest BCUT2D eigenvalue weighted by Gasteiger charge is -2.16. The quantitative estimate of drug-likeness (QED) is 0.541. The van der Waals surface area contributed by atoms with Gasteiger partial charge in [-0.05, 0) is 30.2 Å². The zero-order valence-electron chi connectivity index (χ0n) is 14.5. The number of hydrazone groups is 1. The van der Waals surface area contributed by atoms with Crippen LogP contribution in [0.2, 0.25) is 0 Å². The van der Waals surface area contributed by atoms with E-state index in [0.29, 0.717) is 11.3 Å². The molecule has 0 aliphatic rings. The maximum atomic E-state index is 12.9. The van der Waals surface area contributed by atoms with Gasteiger partial charge in [-0.2, -0.15) is 5.10 Å². The van der Waals surface area contributed by atoms with Gasteiger partial charge < -0.3 is 5.11 Å². The summed E-state index contributed by atoms with van der Waals surface area (Å²) >= 11 is 0. The summed E-state index contributed by atoms with van der Waals surface area (Å²) in [6.45, 7) is 1.75. The van der Waals surface area contributed by atoms with Crippen molar-refractivity contribution < 1.29 is 9.90 Å². The van der Waals surface area contributed by atoms with Gasteiger partial charge in [0.05, 0.1) is 11.6 Å². The Labute approximate surface area is 152 Å². The van der Waals surface area contributed by atoms with Gasteiger partial charge in [-0.3, -0.25) is 4.79 Å². The van der Waals surface area contributed by atoms with Gasteiger partial charge in [0.25, 0.3) is 5.91 Å². The number of aromatic hydroxyl groups is 1. The molecule has 0 radical (unpaired) electrons. The van der Waals surface area contributed by atoms with Crippen molar-refractivity contribution in [2.75, 3.05) is 0 Å². The van der Waals surface area contributed by atoms with Gasteiger partial charge in [-0.25, -0.2) is 5.43 Å². The van der Waals surface area contributed by atoms with E-state index in [1.807, 2.05) is 66.7 Å². The van der Waals surface area contributed by atoms with Crippen molar-refractivity contribution in [1.29, 1.82) is 0 Å². The molecule has 3 aromatic rings. The number of nitrogens with one attached hydrogen (secondary N) is 1. The van der Waals surface area contributed by atoms with E-state index in [1.54, 1.807) is 25.1 Å². The van der Waals surface area contributed by atoms with Gasteiger partial charge in [0.2, 0.25) is 0 Å². The summed E-state index contributed by atoms with van der Waals surface area (Å²) < 4.78 is 0. The molecule has 26 heavy (non-hydrogen) atoms. The molecule has 0 saturated heterocycles. The molecule has 3 rings (SSSR count). The van der Waals surface area contributed by atoms with E-state index in [4.69, 9.17) is 0 Å². The molecule has 0 spiro atoms. The first-order valence-corrected chi connectivity index (χ1v) is 8.39. The van der Waals surface area contributed by atoms with Crippen molar-refractivity contribution in [2.45, 2.75) is 12.8 Å². The number of benzene rings is 3. The zero-order valence-corrected chi connectivity index (χ0v) is 14.5. The molecule has 0 saturated carbocycles. The van der Waals surface area contributed by atoms with Crippen LogP contribution in [0.3, 0.4) is 0 Å². The normalized spacial score (nSPS) is 11.4. The Kier molecular flexibility index (Phi) is 5.44. The van der Waals surface area contributed by atoms with E-state index in [-0.39, 0.29) is 11.7 Å². The second-order valence-electron chi connectivity index (χ2n) is 5.94. The molecule has 2 N–H and O–H groups in total. The molecule has 4 nitrogen and oxygen atoms in total. The van der Waals surface area contributed by atoms with Crippen molar-refractivity contribution in [3.05, 3.63) is 102 Å². The minimum Gasteiger partial charge on any atom is -0.507 e. The van der Waals surface area contributed by atoms with E-state index in [9.17, 15) is 9.90 Å². The number of para-hydroxylation sites is 1. The summed E-state index contributed by atoms with van der Waals surface area (Å²) in [5, 5.41) is 14.1. The fourth-order valence-corrected chi connectivity index (χ4v) is 2.83. The number of phenols is 1. The fourth-order valence-electron chi connectivity index (χ4n) is 2.83. The molecule has 130 valence electrons. The summed E-state index contributed by atoms with van der Waals surface area (Å²) in [6, 6.07) is 26.1. The predicted molar refractivity (Wildman–Crippen MR) is 103 cm³/mol. The molecule has 3 aromatic carbocycles. The number of nitrogens with zero attached hydrogens (tertiary/aromatic N) is 1. The summed E-state index contributed by atoms with van der Waals surface area (Å²) in [5.41, 5.74) is 5.56. The molecular formula is C22H20N2O2. The SMILES string of the molecule is C/C(=N\NC(=O)C(c1ccccc1)c1ccccc1)c1ccccc1O. The van der Waals surface area contributed by atoms with Crippen molar-refractivity contribution in [1.82, 2.24) is 5.43 Å². The Bertz CT molecular complexity index is 866. The number of rotatable bonds is 5. The average molecular weight is 344 g/mol. The van der Waals surface area contributed by atoms with E-state index < -0.39 is 5.92 Å². The van der Waals surface area contributed by atoms with Gasteiger partial charge >= 0.3 is 0 Å². The monoisotopic (exact) mass is 344 g/mol. The first-order chi connectivity index (χ1) is 12.7. The number of amides is 1. The van der Waals surface area contributed by atoms with Crippen molar-refractivity contribution >= 4 is 11.6 Å². The Balaban J connectivity index is 1.87. The van der Waals surface area contributed by atoms with Crippen LogP contribution < -0.4 is 5.43 Å². The Morgan fingerprint density at radius 2 is 1.35 bits per heavy atom. The van der Waals surface area contributed by atoms with Crippen molar-refractivity contribution in [3.63, 3.8) is 0 Å². The summed E-state index contributed by atoms with van der Waals surface area (Å²) in [4.78, 5) is 12.9. The molecule has 1 amide bonds. The van der Waals surface area contributed by atoms with Crippen LogP contribution in [0.4, 0.5) is 0 Å². The van der Waals surface area contributed by atoms with Crippen LogP contribution in [0.15, 0.2) is 90.0 Å². The number of phenolic OH excluding ortho intramolecular Hbond substituents is 1. The zero-order chi connectivity index (χ0) is 18.4. The lowest BCUT2D eigenvalue weighted by molar-refractivity contribution is -0.121. The van der Waals surface area contributed by atoms with Gasteiger partial charge in [-0.1, -0.05) is 72.8 Å². The number of hydrogen-bond donors (Lipinski definition) is 2. The largest absolute Gasteiger partial charge is 0.507 e. The molecule has 0 heterocycles. The van der Waals surface area contributed by atoms with Crippen molar-refractivity contribution in [3.8, 4) is 5.75 Å². The van der Waals surface area contributed by atoms with E-state index >= 15 is 0 Å². The maximum absolute atomic E-state index is 12.9. The van der Waals surface area contributed by atoms with Crippen LogP contribution in [0, 0.1) is 0 Å². The van der Waals surface area contributed by atoms with E-state index in [2.05, 4.69) is 10.5 Å². The van der Waals surface area contributed by atoms with E-state index in [0.717, 1.165) is 11.1 Å². The van der Waals surface area contributed by atoms with Crippen LogP contribution >= 0.6 is 0 Å². The Hall–Kier alpha value is -3.40. The first-order valence-electron chi connectivity index (χ1n) is 8.39. The highest BCUT2D eigenvalue weighted by Crippen LogP contribution is 2.25. The highest BCUT2D eigenvalue weighted by Gasteiger charge is 2.22. The lowest BCUT2D eigenvalue weighted by atomic mass is 9.91. The lowest BCUT2D eigenvalue weighted by Crippen LogP contribution is -2.27. The van der Waals surface area contributed by atoms with Crippen LogP contribution in [-0.2, 0) is 4.79 Å². The molecule has 0 bridgehead atoms. The second-order valence-corrected chi connectivity index (χ2v) is 5.94. The maximum Gasteiger partial charge on any atom is 0.252 e. The second kappa shape index (κ2) is 8.12. The average Bonchev–Trinajstić information content (AvgIpc) is 2.68. The molecule has 0 aromatic heterocycles. The standard InChI is InChI=1S/C22H20N2O2/c1-16(19-14-8-9-15-20(19)25)23-24-22(26)21(17-10-4-2-5-11-17)18-12-6-3-7-13-18/h2-15,21,25H,1H3,(H,24,26)/b23-16+. The molecule has 0 fully saturated rings. The fraction of sp³-hybridized carbons (Fsp3) is 0.0909. The topological polar surface area (TPSA) is 61.7 Å². The minimum absolute atomic E-state index is 0.130. The minimum atomic E-state index is -0.460. The Morgan fingerprint density at radius 3 is 1.88 bits per heavy atom. The van der Waals surface area contributed by atoms with E-state index in [1.165, 1.54) is 0 Å². The van der Waals surface area contributed by atoms with Gasteiger partial charge in [0.15, 0.2) is 0 Å². The predicted octanol–water partition coefficient (Wildman–Crippen LogP) is 4.06. The van der Waals surface area contributed by atoms with Gasteiger partial charge in [0, 0.05) is 5.56 Å². The third kappa shape index (κ3) is 3.98. The molecule has 4 heteroatoms. The van der Waals surface area contributed by atoms with Crippen LogP contribution in [0.1, 0.15) is 29.5 Å². The van der Waals surface area contributed by atoms with Crippen LogP contribution in [0.5, 0.6) is 5.75 Å². The van der Waals surface area contributed by atoms with Gasteiger partial charge in [0.1, 0.15) is 5.75 Å². The number of hydrogen-bond acceptors (Lipinski definition) is 3. The number of carbonyl (C=O) groups excluding carboxylic acids is 1. The molecule has 0 unspecified atom stereocenters. The highest BCUT2D eigenvalue weighted by atomic mass is 16.3. The third-order valence-electron chi connectivity index (χ3n) is 4.16. The van der Waals surface area contributed by atoms with Crippen LogP contribution in [-0.4, -0.2) is 16.7 Å². The number of carbonyl (C=O) groups is 1. The first kappa shape index (κ1) is 17.4. The molecule has 0 aliphatic heterocycles. The highest BCUT2D eigenvalue weighted by molar-refractivity contribution is 6.01. The molecule has 0 atom stereocenters. The Morgan fingerprint density at radius 1 is 0.846 bits per heavy atom. The molecule has 0 aliphatic carbocycles. The third-order valence-corrected chi connectivity index (χ3v) is 4.16. The van der Waals surface area contributed by atoms with Gasteiger partial charge in [-0.15, -0.1) is 0 Å². The van der Waals surface area contributed by atoms with Crippen molar-refractivity contribution in [2.24, 2.45) is 5.10 Å². The summed E-state index contributed by atoms with van der Waals surface area (Å²) in [5.74, 6) is -0.554. The van der Waals surface area contributed by atoms with Crippen LogP contribution in [0.25, 0.3) is 0 Å². The summed E-state index contributed by atoms with van der Waals surface area (Å²) in [6.07, 6.45) is 0.